The Morgan fingerprint density at radius 3 is 2.95 bits per heavy atom. The molecule has 0 amide bonds. The zero-order chi connectivity index (χ0) is 15.0. The maximum atomic E-state index is 6.40. The van der Waals surface area contributed by atoms with Crippen LogP contribution in [0.4, 0.5) is 0 Å². The van der Waals surface area contributed by atoms with Gasteiger partial charge in [0.2, 0.25) is 0 Å². The Balaban J connectivity index is 2.27. The Hall–Kier alpha value is -1.76. The fraction of sp³-hybridized carbons (Fsp3) is 0.357. The number of benzene rings is 1. The molecular weight excluding hydrogens is 288 g/mol. The van der Waals surface area contributed by atoms with Crippen LogP contribution >= 0.6 is 11.6 Å². The van der Waals surface area contributed by atoms with Crippen molar-refractivity contribution in [1.29, 1.82) is 0 Å². The number of aryl methyl sites for hydroxylation is 1. The van der Waals surface area contributed by atoms with Crippen LogP contribution in [0.5, 0.6) is 0 Å². The molecule has 3 rings (SSSR count). The first-order valence-electron chi connectivity index (χ1n) is 6.87. The molecule has 2 aromatic heterocycles. The molecule has 0 saturated carbocycles. The third-order valence-corrected chi connectivity index (χ3v) is 4.10. The summed E-state index contributed by atoms with van der Waals surface area (Å²) in [6.45, 7) is 2.55. The maximum absolute atomic E-state index is 6.40. The van der Waals surface area contributed by atoms with E-state index in [4.69, 9.17) is 23.1 Å². The molecule has 6 nitrogen and oxygen atoms in total. The molecule has 0 aliphatic heterocycles. The molecule has 0 aliphatic carbocycles. The summed E-state index contributed by atoms with van der Waals surface area (Å²) < 4.78 is 1.88. The first-order chi connectivity index (χ1) is 10.1. The third-order valence-electron chi connectivity index (χ3n) is 3.63. The molecule has 0 bridgehead atoms. The van der Waals surface area contributed by atoms with E-state index in [1.165, 1.54) is 0 Å². The van der Waals surface area contributed by atoms with Gasteiger partial charge in [-0.05, 0) is 37.9 Å². The van der Waals surface area contributed by atoms with Crippen molar-refractivity contribution >= 4 is 28.3 Å². The molecule has 4 N–H and O–H groups in total. The highest BCUT2D eigenvalue weighted by molar-refractivity contribution is 6.35. The van der Waals surface area contributed by atoms with Gasteiger partial charge in [-0.15, -0.1) is 10.2 Å². The molecule has 0 radical (unpaired) electrons. The van der Waals surface area contributed by atoms with Crippen molar-refractivity contribution in [1.82, 2.24) is 19.6 Å². The van der Waals surface area contributed by atoms with Crippen LogP contribution in [-0.4, -0.2) is 26.1 Å². The van der Waals surface area contributed by atoms with Crippen LogP contribution in [0.25, 0.3) is 16.7 Å². The van der Waals surface area contributed by atoms with Crippen molar-refractivity contribution in [2.24, 2.45) is 11.5 Å². The summed E-state index contributed by atoms with van der Waals surface area (Å²) >= 11 is 6.40. The summed E-state index contributed by atoms with van der Waals surface area (Å²) in [5.74, 6) is 0. The zero-order valence-electron chi connectivity index (χ0n) is 11.8. The van der Waals surface area contributed by atoms with Crippen LogP contribution in [0.3, 0.4) is 0 Å². The van der Waals surface area contributed by atoms with Gasteiger partial charge in [-0.1, -0.05) is 17.7 Å². The van der Waals surface area contributed by atoms with Gasteiger partial charge in [-0.25, -0.2) is 4.98 Å². The van der Waals surface area contributed by atoms with Crippen LogP contribution in [-0.2, 0) is 0 Å². The molecule has 0 aliphatic rings. The van der Waals surface area contributed by atoms with Gasteiger partial charge >= 0.3 is 0 Å². The fourth-order valence-electron chi connectivity index (χ4n) is 2.44. The molecule has 1 aromatic carbocycles. The number of halogens is 1. The number of fused-ring (bicyclic) bond motifs is 3. The SMILES string of the molecule is Cc1ccc2c(nc(C(N)CCCN)c3nncn32)c1Cl. The van der Waals surface area contributed by atoms with Gasteiger partial charge in [-0.2, -0.15) is 0 Å². The predicted octanol–water partition coefficient (Wildman–Crippen LogP) is 1.98. The van der Waals surface area contributed by atoms with Gasteiger partial charge in [0.15, 0.2) is 5.65 Å². The van der Waals surface area contributed by atoms with Crippen LogP contribution in [0, 0.1) is 6.92 Å². The molecule has 1 atom stereocenters. The number of hydrogen-bond acceptors (Lipinski definition) is 5. The summed E-state index contributed by atoms with van der Waals surface area (Å²) in [7, 11) is 0. The van der Waals surface area contributed by atoms with Crippen LogP contribution in [0.15, 0.2) is 18.5 Å². The van der Waals surface area contributed by atoms with Crippen molar-refractivity contribution in [3.8, 4) is 0 Å². The van der Waals surface area contributed by atoms with Crippen molar-refractivity contribution in [3.63, 3.8) is 0 Å². The summed E-state index contributed by atoms with van der Waals surface area (Å²) in [5, 5.41) is 8.76. The van der Waals surface area contributed by atoms with Gasteiger partial charge in [0, 0.05) is 0 Å². The van der Waals surface area contributed by atoms with E-state index in [0.717, 1.165) is 29.4 Å². The van der Waals surface area contributed by atoms with Gasteiger partial charge in [0.25, 0.3) is 0 Å². The molecule has 0 saturated heterocycles. The average Bonchev–Trinajstić information content (AvgIpc) is 2.97. The molecule has 7 heteroatoms. The molecule has 1 unspecified atom stereocenters. The first kappa shape index (κ1) is 14.2. The lowest BCUT2D eigenvalue weighted by molar-refractivity contribution is 0.606. The Bertz CT molecular complexity index is 797. The standard InChI is InChI=1S/C14H17ClN6/c1-8-4-5-10-13(11(8)15)19-12(9(17)3-2-6-16)14-20-18-7-21(10)14/h4-5,7,9H,2-3,6,16-17H2,1H3. The second kappa shape index (κ2) is 5.55. The summed E-state index contributed by atoms with van der Waals surface area (Å²) in [6.07, 6.45) is 3.24. The average molecular weight is 305 g/mol. The van der Waals surface area contributed by atoms with Gasteiger partial charge in [-0.3, -0.25) is 4.40 Å². The third kappa shape index (κ3) is 2.35. The topological polar surface area (TPSA) is 95.1 Å². The zero-order valence-corrected chi connectivity index (χ0v) is 12.5. The highest BCUT2D eigenvalue weighted by atomic mass is 35.5. The predicted molar refractivity (Wildman–Crippen MR) is 83.3 cm³/mol. The fourth-order valence-corrected chi connectivity index (χ4v) is 2.64. The number of nitrogens with zero attached hydrogens (tertiary/aromatic N) is 4. The number of aromatic nitrogens is 4. The minimum atomic E-state index is -0.235. The Morgan fingerprint density at radius 1 is 1.38 bits per heavy atom. The van der Waals surface area contributed by atoms with E-state index < -0.39 is 0 Å². The van der Waals surface area contributed by atoms with Crippen LogP contribution in [0.2, 0.25) is 5.02 Å². The largest absolute Gasteiger partial charge is 0.330 e. The van der Waals surface area contributed by atoms with E-state index in [-0.39, 0.29) is 6.04 Å². The summed E-state index contributed by atoms with van der Waals surface area (Å²) in [6, 6.07) is 3.69. The van der Waals surface area contributed by atoms with E-state index in [2.05, 4.69) is 15.2 Å². The molecule has 0 fully saturated rings. The normalized spacial score (nSPS) is 13.1. The van der Waals surface area contributed by atoms with Crippen LogP contribution in [0.1, 0.15) is 30.1 Å². The number of rotatable bonds is 4. The van der Waals surface area contributed by atoms with Gasteiger partial charge in [0.05, 0.1) is 16.6 Å². The van der Waals surface area contributed by atoms with Crippen molar-refractivity contribution in [2.75, 3.05) is 6.54 Å². The summed E-state index contributed by atoms with van der Waals surface area (Å²) in [4.78, 5) is 4.67. The highest BCUT2D eigenvalue weighted by Gasteiger charge is 2.18. The van der Waals surface area contributed by atoms with Crippen molar-refractivity contribution < 1.29 is 0 Å². The second-order valence-electron chi connectivity index (χ2n) is 5.12. The Morgan fingerprint density at radius 2 is 2.19 bits per heavy atom. The van der Waals surface area contributed by atoms with E-state index in [1.807, 2.05) is 23.5 Å². The molecular formula is C14H17ClN6. The maximum Gasteiger partial charge on any atom is 0.184 e. The van der Waals surface area contributed by atoms with Crippen molar-refractivity contribution in [2.45, 2.75) is 25.8 Å². The lowest BCUT2D eigenvalue weighted by Gasteiger charge is -2.14. The lowest BCUT2D eigenvalue weighted by atomic mass is 10.1. The Kier molecular flexibility index (Phi) is 3.75. The molecule has 21 heavy (non-hydrogen) atoms. The van der Waals surface area contributed by atoms with E-state index in [1.54, 1.807) is 6.33 Å². The van der Waals surface area contributed by atoms with E-state index in [9.17, 15) is 0 Å². The molecule has 2 heterocycles. The van der Waals surface area contributed by atoms with Gasteiger partial charge in [0.1, 0.15) is 17.5 Å². The highest BCUT2D eigenvalue weighted by Crippen LogP contribution is 2.29. The first-order valence-corrected chi connectivity index (χ1v) is 7.25. The minimum absolute atomic E-state index is 0.235. The van der Waals surface area contributed by atoms with Crippen molar-refractivity contribution in [3.05, 3.63) is 34.7 Å². The number of hydrogen-bond donors (Lipinski definition) is 2. The lowest BCUT2D eigenvalue weighted by Crippen LogP contribution is -2.16. The monoisotopic (exact) mass is 304 g/mol. The van der Waals surface area contributed by atoms with Gasteiger partial charge < -0.3 is 11.5 Å². The minimum Gasteiger partial charge on any atom is -0.330 e. The quantitative estimate of drug-likeness (QED) is 0.768. The smallest absolute Gasteiger partial charge is 0.184 e. The summed E-state index contributed by atoms with van der Waals surface area (Å²) in [5.41, 5.74) is 15.8. The molecule has 0 spiro atoms. The van der Waals surface area contributed by atoms with Crippen LogP contribution < -0.4 is 11.5 Å². The molecule has 110 valence electrons. The molecule has 3 aromatic rings. The number of nitrogens with two attached hydrogens (primary N) is 2. The van der Waals surface area contributed by atoms with E-state index >= 15 is 0 Å². The van der Waals surface area contributed by atoms with E-state index in [0.29, 0.717) is 22.9 Å². The Labute approximate surface area is 127 Å². The second-order valence-corrected chi connectivity index (χ2v) is 5.50.